The van der Waals surface area contributed by atoms with E-state index in [1.165, 1.54) is 0 Å². The molecule has 4 unspecified atom stereocenters. The molecule has 7 heteroatoms. The molecule has 3 heterocycles. The number of urea groups is 2. The first-order valence-electron chi connectivity index (χ1n) is 14.6. The molecule has 4 aromatic carbocycles. The lowest BCUT2D eigenvalue weighted by molar-refractivity contribution is -0.274. The van der Waals surface area contributed by atoms with E-state index in [0.29, 0.717) is 0 Å². The zero-order valence-corrected chi connectivity index (χ0v) is 25.3. The third-order valence-corrected chi connectivity index (χ3v) is 10.8. The Morgan fingerprint density at radius 2 is 1.21 bits per heavy atom. The predicted molar refractivity (Wildman–Crippen MR) is 172 cm³/mol. The minimum atomic E-state index is -1.06. The first-order valence-corrected chi connectivity index (χ1v) is 15.7. The van der Waals surface area contributed by atoms with E-state index in [-0.39, 0.29) is 17.3 Å². The van der Waals surface area contributed by atoms with Crippen molar-refractivity contribution in [3.05, 3.63) is 150 Å². The molecule has 3 aliphatic rings. The van der Waals surface area contributed by atoms with Gasteiger partial charge in [0, 0.05) is 19.8 Å². The Bertz CT molecular complexity index is 1700. The van der Waals surface area contributed by atoms with E-state index in [9.17, 15) is 9.59 Å². The smallest absolute Gasteiger partial charge is 0.311 e. The number of amides is 4. The average molecular weight is 587 g/mol. The number of carbonyl (C=O) groups is 2. The van der Waals surface area contributed by atoms with Gasteiger partial charge in [-0.1, -0.05) is 128 Å². The minimum Gasteiger partial charge on any atom is -0.311 e. The summed E-state index contributed by atoms with van der Waals surface area (Å²) in [5.74, 6) is 0.833. The number of carbonyl (C=O) groups excluding carboxylic acids is 2. The van der Waals surface area contributed by atoms with Crippen LogP contribution in [0.4, 0.5) is 9.59 Å². The number of nitrogens with zero attached hydrogens (tertiary/aromatic N) is 3. The Kier molecular flexibility index (Phi) is 6.40. The van der Waals surface area contributed by atoms with Crippen LogP contribution in [0, 0.1) is 0 Å². The number of hydrogen-bond donors (Lipinski definition) is 1. The lowest BCUT2D eigenvalue weighted by Gasteiger charge is -2.82. The number of thioether (sulfide) groups is 1. The number of hydrogen-bond acceptors (Lipinski definition) is 3. The van der Waals surface area contributed by atoms with Gasteiger partial charge in [-0.3, -0.25) is 9.80 Å². The molecular formula is C36H34N4O2S. The third kappa shape index (κ3) is 3.37. The quantitative estimate of drug-likeness (QED) is 0.258. The van der Waals surface area contributed by atoms with Crippen LogP contribution in [0.2, 0.25) is 0 Å². The summed E-state index contributed by atoms with van der Waals surface area (Å²) < 4.78 is 0. The van der Waals surface area contributed by atoms with Crippen molar-refractivity contribution in [1.29, 1.82) is 0 Å². The third-order valence-electron chi connectivity index (χ3n) is 9.48. The van der Waals surface area contributed by atoms with Gasteiger partial charge in [0.05, 0.1) is 5.25 Å². The standard InChI is InChI=1S/C36H34N4O2S/c1-4-43-31-35(28-21-13-7-14-22-28,40-33(42)39(3)36(31,40)29-23-15-8-16-24-29)34(27-19-11-6-12-20-27)25-30(37-32(41)38(34)2)26-17-9-5-10-18-26/h5-25,31H,4H2,1-3H3,(H,37,41). The van der Waals surface area contributed by atoms with Gasteiger partial charge >= 0.3 is 12.1 Å². The lowest BCUT2D eigenvalue weighted by Crippen LogP contribution is -2.98. The molecule has 0 radical (unpaired) electrons. The van der Waals surface area contributed by atoms with Crippen LogP contribution in [-0.2, 0) is 16.7 Å². The largest absolute Gasteiger partial charge is 0.325 e. The number of likely N-dealkylation sites (N-methyl/N-ethyl adjacent to an activating group) is 1. The van der Waals surface area contributed by atoms with Crippen molar-refractivity contribution in [1.82, 2.24) is 20.0 Å². The SMILES string of the molecule is CCSC1C2(c3ccccc3)N(C)C(=O)N2C1(c1ccccc1)C1(c2ccccc2)C=C(c2ccccc2)NC(=O)N1C. The normalized spacial score (nSPS) is 27.9. The van der Waals surface area contributed by atoms with Gasteiger partial charge in [0.1, 0.15) is 11.1 Å². The summed E-state index contributed by atoms with van der Waals surface area (Å²) in [7, 11) is 3.76. The zero-order valence-electron chi connectivity index (χ0n) is 24.5. The van der Waals surface area contributed by atoms with E-state index >= 15 is 0 Å². The molecular weight excluding hydrogens is 552 g/mol. The molecule has 4 aromatic rings. The summed E-state index contributed by atoms with van der Waals surface area (Å²) in [5, 5.41) is 3.02. The second-order valence-corrected chi connectivity index (χ2v) is 12.7. The highest BCUT2D eigenvalue weighted by atomic mass is 32.2. The fourth-order valence-electron chi connectivity index (χ4n) is 7.76. The van der Waals surface area contributed by atoms with Gasteiger partial charge in [-0.15, -0.1) is 0 Å². The van der Waals surface area contributed by atoms with Gasteiger partial charge in [0.2, 0.25) is 0 Å². The molecule has 216 valence electrons. The molecule has 0 bridgehead atoms. The molecule has 43 heavy (non-hydrogen) atoms. The predicted octanol–water partition coefficient (Wildman–Crippen LogP) is 6.83. The Morgan fingerprint density at radius 3 is 1.77 bits per heavy atom. The molecule has 0 aliphatic carbocycles. The van der Waals surface area contributed by atoms with Crippen LogP contribution in [0.25, 0.3) is 5.70 Å². The number of nitrogens with one attached hydrogen (secondary N) is 1. The summed E-state index contributed by atoms with van der Waals surface area (Å²) in [6.07, 6.45) is 2.19. The topological polar surface area (TPSA) is 55.9 Å². The number of rotatable bonds is 7. The van der Waals surface area contributed by atoms with E-state index in [0.717, 1.165) is 33.7 Å². The highest BCUT2D eigenvalue weighted by Gasteiger charge is 2.87. The lowest BCUT2D eigenvalue weighted by atomic mass is 9.52. The first-order chi connectivity index (χ1) is 21.0. The maximum Gasteiger partial charge on any atom is 0.325 e. The van der Waals surface area contributed by atoms with E-state index in [2.05, 4.69) is 59.6 Å². The van der Waals surface area contributed by atoms with Crippen molar-refractivity contribution in [2.45, 2.75) is 28.9 Å². The summed E-state index contributed by atoms with van der Waals surface area (Å²) in [6.45, 7) is 2.17. The van der Waals surface area contributed by atoms with Crippen LogP contribution in [0.3, 0.4) is 0 Å². The van der Waals surface area contributed by atoms with Gasteiger partial charge < -0.3 is 10.2 Å². The maximum absolute atomic E-state index is 14.4. The summed E-state index contributed by atoms with van der Waals surface area (Å²) >= 11 is 1.85. The van der Waals surface area contributed by atoms with Crippen molar-refractivity contribution >= 4 is 29.5 Å². The average Bonchev–Trinajstić information content (AvgIpc) is 3.06. The van der Waals surface area contributed by atoms with Gasteiger partial charge in [0.15, 0.2) is 5.66 Å². The Hall–Kier alpha value is -4.49. The van der Waals surface area contributed by atoms with Crippen LogP contribution in [0.1, 0.15) is 29.2 Å². The van der Waals surface area contributed by atoms with E-state index in [1.54, 1.807) is 0 Å². The molecule has 2 fully saturated rings. The van der Waals surface area contributed by atoms with Crippen molar-refractivity contribution in [3.8, 4) is 0 Å². The van der Waals surface area contributed by atoms with Crippen LogP contribution in [0.15, 0.2) is 127 Å². The molecule has 6 nitrogen and oxygen atoms in total. The molecule has 4 atom stereocenters. The van der Waals surface area contributed by atoms with Crippen LogP contribution < -0.4 is 5.32 Å². The molecule has 1 N–H and O–H groups in total. The molecule has 4 amide bonds. The fourth-order valence-corrected chi connectivity index (χ4v) is 9.38. The van der Waals surface area contributed by atoms with E-state index in [4.69, 9.17) is 0 Å². The summed E-state index contributed by atoms with van der Waals surface area (Å²) in [5.41, 5.74) is 1.92. The molecule has 3 aliphatic heterocycles. The van der Waals surface area contributed by atoms with Crippen molar-refractivity contribution < 1.29 is 9.59 Å². The Labute approximate surface area is 257 Å². The molecule has 0 saturated carbocycles. The van der Waals surface area contributed by atoms with E-state index in [1.807, 2.05) is 121 Å². The minimum absolute atomic E-state index is 0.0648. The zero-order chi connectivity index (χ0) is 29.8. The van der Waals surface area contributed by atoms with Crippen molar-refractivity contribution in [2.24, 2.45) is 0 Å². The summed E-state index contributed by atoms with van der Waals surface area (Å²) in [4.78, 5) is 34.4. The van der Waals surface area contributed by atoms with Crippen molar-refractivity contribution in [3.63, 3.8) is 0 Å². The molecule has 2 saturated heterocycles. The van der Waals surface area contributed by atoms with Gasteiger partial charge in [-0.05, 0) is 34.1 Å². The second-order valence-electron chi connectivity index (χ2n) is 11.3. The Balaban J connectivity index is 1.63. The van der Waals surface area contributed by atoms with Crippen LogP contribution in [-0.4, -0.2) is 51.9 Å². The van der Waals surface area contributed by atoms with Crippen molar-refractivity contribution in [2.75, 3.05) is 19.8 Å². The molecule has 0 spiro atoms. The van der Waals surface area contributed by atoms with Gasteiger partial charge in [-0.2, -0.15) is 11.8 Å². The summed E-state index contributed by atoms with van der Waals surface area (Å²) in [6, 6.07) is 40.5. The van der Waals surface area contributed by atoms with E-state index < -0.39 is 16.7 Å². The molecule has 7 rings (SSSR count). The fraction of sp³-hybridized carbons (Fsp3) is 0.222. The van der Waals surface area contributed by atoms with Gasteiger partial charge in [0.25, 0.3) is 0 Å². The second kappa shape index (κ2) is 10.1. The Morgan fingerprint density at radius 1 is 0.698 bits per heavy atom. The highest BCUT2D eigenvalue weighted by molar-refractivity contribution is 8.00. The first kappa shape index (κ1) is 27.3. The number of benzene rings is 4. The van der Waals surface area contributed by atoms with Crippen LogP contribution >= 0.6 is 11.8 Å². The monoisotopic (exact) mass is 586 g/mol. The molecule has 0 aromatic heterocycles. The van der Waals surface area contributed by atoms with Crippen LogP contribution in [0.5, 0.6) is 0 Å². The highest BCUT2D eigenvalue weighted by Crippen LogP contribution is 2.74. The van der Waals surface area contributed by atoms with Gasteiger partial charge in [-0.25, -0.2) is 9.59 Å². The number of fused-ring (bicyclic) bond motifs is 1. The maximum atomic E-state index is 14.4.